The fourth-order valence-corrected chi connectivity index (χ4v) is 2.46. The van der Waals surface area contributed by atoms with Crippen molar-refractivity contribution in [2.75, 3.05) is 11.9 Å². The van der Waals surface area contributed by atoms with Crippen molar-refractivity contribution in [1.29, 1.82) is 0 Å². The number of anilines is 1. The Morgan fingerprint density at radius 3 is 2.71 bits per heavy atom. The Hall–Kier alpha value is -2.66. The molecule has 24 heavy (non-hydrogen) atoms. The van der Waals surface area contributed by atoms with Crippen molar-refractivity contribution in [2.45, 2.75) is 6.42 Å². The van der Waals surface area contributed by atoms with E-state index < -0.39 is 5.82 Å². The Kier molecular flexibility index (Phi) is 4.91. The van der Waals surface area contributed by atoms with Crippen LogP contribution < -0.4 is 10.9 Å². The summed E-state index contributed by atoms with van der Waals surface area (Å²) in [5.41, 5.74) is 1.25. The third kappa shape index (κ3) is 3.81. The van der Waals surface area contributed by atoms with Crippen LogP contribution in [0.15, 0.2) is 65.7 Å². The lowest BCUT2D eigenvalue weighted by Gasteiger charge is -2.09. The van der Waals surface area contributed by atoms with Crippen LogP contribution in [0.5, 0.6) is 0 Å². The minimum atomic E-state index is -0.395. The average Bonchev–Trinajstić information content (AvgIpc) is 2.58. The minimum absolute atomic E-state index is 0.232. The van der Waals surface area contributed by atoms with Gasteiger partial charge in [0.15, 0.2) is 5.82 Å². The molecule has 122 valence electrons. The van der Waals surface area contributed by atoms with E-state index in [1.54, 1.807) is 12.1 Å². The molecule has 0 saturated heterocycles. The smallest absolute Gasteiger partial charge is 0.297 e. The molecule has 0 radical (unpaired) electrons. The number of hydrogen-bond donors (Lipinski definition) is 1. The van der Waals surface area contributed by atoms with E-state index in [1.165, 1.54) is 29.1 Å². The highest BCUT2D eigenvalue weighted by Gasteiger charge is 2.06. The molecule has 0 aliphatic carbocycles. The van der Waals surface area contributed by atoms with Crippen molar-refractivity contribution in [1.82, 2.24) is 9.55 Å². The molecule has 1 N–H and O–H groups in total. The van der Waals surface area contributed by atoms with Gasteiger partial charge in [0.05, 0.1) is 5.69 Å². The Bertz CT molecular complexity index is 893. The van der Waals surface area contributed by atoms with Gasteiger partial charge in [-0.2, -0.15) is 0 Å². The quantitative estimate of drug-likeness (QED) is 0.768. The fourth-order valence-electron chi connectivity index (χ4n) is 2.34. The van der Waals surface area contributed by atoms with E-state index in [1.807, 2.05) is 24.3 Å². The normalized spacial score (nSPS) is 10.6. The third-order valence-electron chi connectivity index (χ3n) is 3.55. The van der Waals surface area contributed by atoms with E-state index in [0.29, 0.717) is 17.3 Å². The zero-order valence-corrected chi connectivity index (χ0v) is 13.5. The van der Waals surface area contributed by atoms with Gasteiger partial charge in [0.1, 0.15) is 5.82 Å². The highest BCUT2D eigenvalue weighted by molar-refractivity contribution is 6.30. The maximum atomic E-state index is 13.3. The van der Waals surface area contributed by atoms with Gasteiger partial charge in [0, 0.05) is 24.0 Å². The lowest BCUT2D eigenvalue weighted by Crippen LogP contribution is -2.24. The Morgan fingerprint density at radius 2 is 1.96 bits per heavy atom. The van der Waals surface area contributed by atoms with Crippen molar-refractivity contribution >= 4 is 17.4 Å². The lowest BCUT2D eigenvalue weighted by atomic mass is 10.1. The van der Waals surface area contributed by atoms with Gasteiger partial charge in [0.25, 0.3) is 5.56 Å². The number of hydrogen-bond acceptors (Lipinski definition) is 3. The van der Waals surface area contributed by atoms with Crippen LogP contribution in [0, 0.1) is 5.82 Å². The lowest BCUT2D eigenvalue weighted by molar-refractivity contribution is 0.626. The number of benzene rings is 2. The zero-order valence-electron chi connectivity index (χ0n) is 12.7. The summed E-state index contributed by atoms with van der Waals surface area (Å²) in [7, 11) is 0. The monoisotopic (exact) mass is 343 g/mol. The molecule has 6 heteroatoms. The fraction of sp³-hybridized carbons (Fsp3) is 0.111. The maximum absolute atomic E-state index is 13.3. The molecule has 0 bridgehead atoms. The molecule has 0 unspecified atom stereocenters. The summed E-state index contributed by atoms with van der Waals surface area (Å²) in [6.45, 7) is 0.553. The molecule has 0 aliphatic heterocycles. The molecule has 4 nitrogen and oxygen atoms in total. The van der Waals surface area contributed by atoms with E-state index in [0.717, 1.165) is 12.0 Å². The Balaban J connectivity index is 1.74. The first kappa shape index (κ1) is 16.2. The Morgan fingerprint density at radius 1 is 1.17 bits per heavy atom. The molecule has 1 heterocycles. The third-order valence-corrected chi connectivity index (χ3v) is 3.80. The van der Waals surface area contributed by atoms with E-state index in [4.69, 9.17) is 11.6 Å². The molecule has 0 spiro atoms. The second kappa shape index (κ2) is 7.27. The van der Waals surface area contributed by atoms with Crippen molar-refractivity contribution in [3.05, 3.63) is 87.7 Å². The Labute approximate surface area is 143 Å². The average molecular weight is 344 g/mol. The maximum Gasteiger partial charge on any atom is 0.297 e. The molecule has 3 rings (SSSR count). The van der Waals surface area contributed by atoms with Crippen LogP contribution in [0.1, 0.15) is 5.56 Å². The molecular formula is C18H15ClFN3O. The number of rotatable bonds is 5. The van der Waals surface area contributed by atoms with Crippen molar-refractivity contribution in [3.8, 4) is 5.69 Å². The van der Waals surface area contributed by atoms with E-state index in [2.05, 4.69) is 10.3 Å². The summed E-state index contributed by atoms with van der Waals surface area (Å²) < 4.78 is 14.7. The van der Waals surface area contributed by atoms with Crippen molar-refractivity contribution in [2.24, 2.45) is 0 Å². The standard InChI is InChI=1S/C18H15ClFN3O/c19-14-6-4-13(5-7-14)8-9-21-17-18(24)23(11-10-22-17)16-3-1-2-15(20)12-16/h1-7,10-12H,8-9H2,(H,21,22). The molecule has 0 fully saturated rings. The summed E-state index contributed by atoms with van der Waals surface area (Å²) in [5, 5.41) is 3.72. The molecule has 0 atom stereocenters. The van der Waals surface area contributed by atoms with Crippen LogP contribution in [0.3, 0.4) is 0 Å². The van der Waals surface area contributed by atoms with Gasteiger partial charge in [-0.25, -0.2) is 9.37 Å². The van der Waals surface area contributed by atoms with Gasteiger partial charge in [-0.05, 0) is 42.3 Å². The minimum Gasteiger partial charge on any atom is -0.365 e. The summed E-state index contributed by atoms with van der Waals surface area (Å²) in [5.74, 6) is -0.163. The van der Waals surface area contributed by atoms with Gasteiger partial charge in [-0.3, -0.25) is 9.36 Å². The molecule has 0 aliphatic rings. The summed E-state index contributed by atoms with van der Waals surface area (Å²) in [6.07, 6.45) is 3.76. The summed E-state index contributed by atoms with van der Waals surface area (Å²) >= 11 is 5.85. The number of halogens is 2. The predicted octanol–water partition coefficient (Wildman–Crippen LogP) is 3.68. The SMILES string of the molecule is O=c1c(NCCc2ccc(Cl)cc2)nccn1-c1cccc(F)c1. The largest absolute Gasteiger partial charge is 0.365 e. The van der Waals surface area contributed by atoms with Crippen molar-refractivity contribution in [3.63, 3.8) is 0 Å². The van der Waals surface area contributed by atoms with Gasteiger partial charge < -0.3 is 5.32 Å². The number of nitrogens with zero attached hydrogens (tertiary/aromatic N) is 2. The van der Waals surface area contributed by atoms with Crippen LogP contribution in [-0.2, 0) is 6.42 Å². The van der Waals surface area contributed by atoms with Crippen LogP contribution in [0.25, 0.3) is 5.69 Å². The number of nitrogens with one attached hydrogen (secondary N) is 1. The molecule has 2 aromatic carbocycles. The van der Waals surface area contributed by atoms with Crippen molar-refractivity contribution < 1.29 is 4.39 Å². The van der Waals surface area contributed by atoms with Gasteiger partial charge in [0.2, 0.25) is 0 Å². The molecule has 0 amide bonds. The van der Waals surface area contributed by atoms with Crippen LogP contribution in [0.4, 0.5) is 10.2 Å². The molecule has 1 aromatic heterocycles. The second-order valence-electron chi connectivity index (χ2n) is 5.23. The summed E-state index contributed by atoms with van der Waals surface area (Å²) in [6, 6.07) is 13.4. The van der Waals surface area contributed by atoms with Crippen LogP contribution >= 0.6 is 11.6 Å². The van der Waals surface area contributed by atoms with E-state index >= 15 is 0 Å². The van der Waals surface area contributed by atoms with E-state index in [-0.39, 0.29) is 11.4 Å². The molecular weight excluding hydrogens is 329 g/mol. The second-order valence-corrected chi connectivity index (χ2v) is 5.67. The topological polar surface area (TPSA) is 46.9 Å². The van der Waals surface area contributed by atoms with E-state index in [9.17, 15) is 9.18 Å². The highest BCUT2D eigenvalue weighted by atomic mass is 35.5. The molecule has 0 saturated carbocycles. The first-order valence-corrected chi connectivity index (χ1v) is 7.83. The molecule has 3 aromatic rings. The summed E-state index contributed by atoms with van der Waals surface area (Å²) in [4.78, 5) is 16.5. The highest BCUT2D eigenvalue weighted by Crippen LogP contribution is 2.10. The van der Waals surface area contributed by atoms with Gasteiger partial charge >= 0.3 is 0 Å². The first-order valence-electron chi connectivity index (χ1n) is 7.45. The van der Waals surface area contributed by atoms with Crippen LogP contribution in [0.2, 0.25) is 5.02 Å². The van der Waals surface area contributed by atoms with Gasteiger partial charge in [-0.15, -0.1) is 0 Å². The number of aromatic nitrogens is 2. The van der Waals surface area contributed by atoms with Gasteiger partial charge in [-0.1, -0.05) is 29.8 Å². The first-order chi connectivity index (χ1) is 11.6. The zero-order chi connectivity index (χ0) is 16.9. The predicted molar refractivity (Wildman–Crippen MR) is 93.4 cm³/mol. The van der Waals surface area contributed by atoms with Crippen LogP contribution in [-0.4, -0.2) is 16.1 Å².